The Kier molecular flexibility index (Phi) is 3.48. The highest BCUT2D eigenvalue weighted by Gasteiger charge is 2.31. The van der Waals surface area contributed by atoms with Crippen LogP contribution in [-0.4, -0.2) is 22.1 Å². The van der Waals surface area contributed by atoms with Crippen molar-refractivity contribution in [3.63, 3.8) is 0 Å². The molecule has 0 bridgehead atoms. The van der Waals surface area contributed by atoms with Crippen molar-refractivity contribution in [1.82, 2.24) is 4.98 Å². The normalized spacial score (nSPS) is 13.5. The maximum absolute atomic E-state index is 12.3. The number of aromatic nitrogens is 1. The molecule has 0 amide bonds. The monoisotopic (exact) mass is 234 g/mol. The van der Waals surface area contributed by atoms with E-state index < -0.39 is 23.8 Å². The van der Waals surface area contributed by atoms with Gasteiger partial charge >= 0.3 is 12.1 Å². The number of nitrogens with two attached hydrogens (primary N) is 1. The zero-order chi connectivity index (χ0) is 12.3. The molecule has 4 nitrogen and oxygen atoms in total. The number of hydrogen-bond acceptors (Lipinski definition) is 3. The molecule has 0 aliphatic heterocycles. The van der Waals surface area contributed by atoms with Gasteiger partial charge in [-0.1, -0.05) is 0 Å². The third kappa shape index (κ3) is 3.20. The van der Waals surface area contributed by atoms with E-state index in [1.807, 2.05) is 0 Å². The fourth-order valence-corrected chi connectivity index (χ4v) is 1.10. The van der Waals surface area contributed by atoms with Gasteiger partial charge in [0.1, 0.15) is 6.04 Å². The van der Waals surface area contributed by atoms with Gasteiger partial charge < -0.3 is 10.8 Å². The zero-order valence-corrected chi connectivity index (χ0v) is 8.03. The highest BCUT2D eigenvalue weighted by atomic mass is 19.4. The molecule has 1 aromatic rings. The summed E-state index contributed by atoms with van der Waals surface area (Å²) in [5.74, 6) is -1.27. The van der Waals surface area contributed by atoms with E-state index in [9.17, 15) is 18.0 Å². The van der Waals surface area contributed by atoms with Crippen LogP contribution in [0, 0.1) is 0 Å². The third-order valence-electron chi connectivity index (χ3n) is 1.90. The van der Waals surface area contributed by atoms with Gasteiger partial charge in [0.05, 0.1) is 5.56 Å². The molecule has 1 heterocycles. The molecule has 1 aromatic heterocycles. The molecular formula is C9H9F3N2O2. The second-order valence-corrected chi connectivity index (χ2v) is 3.23. The van der Waals surface area contributed by atoms with Crippen LogP contribution >= 0.6 is 0 Å². The minimum Gasteiger partial charge on any atom is -0.480 e. The van der Waals surface area contributed by atoms with Crippen molar-refractivity contribution in [2.75, 3.05) is 0 Å². The number of alkyl halides is 3. The van der Waals surface area contributed by atoms with Crippen LogP contribution in [0.25, 0.3) is 0 Å². The summed E-state index contributed by atoms with van der Waals surface area (Å²) < 4.78 is 36.8. The van der Waals surface area contributed by atoms with Crippen molar-refractivity contribution >= 4 is 5.97 Å². The number of halogens is 3. The summed E-state index contributed by atoms with van der Waals surface area (Å²) in [5, 5.41) is 8.50. The van der Waals surface area contributed by atoms with E-state index in [-0.39, 0.29) is 12.0 Å². The fraction of sp³-hybridized carbons (Fsp3) is 0.333. The number of hydrogen-bond donors (Lipinski definition) is 2. The number of carboxylic acid groups (broad SMARTS) is 1. The van der Waals surface area contributed by atoms with Crippen LogP contribution in [0.3, 0.4) is 0 Å². The summed E-state index contributed by atoms with van der Waals surface area (Å²) in [6.07, 6.45) is -2.84. The number of carboxylic acids is 1. The quantitative estimate of drug-likeness (QED) is 0.819. The zero-order valence-electron chi connectivity index (χ0n) is 8.03. The molecule has 0 aliphatic rings. The number of pyridine rings is 1. The van der Waals surface area contributed by atoms with Crippen LogP contribution in [0.1, 0.15) is 11.1 Å². The average Bonchev–Trinajstić information content (AvgIpc) is 2.16. The van der Waals surface area contributed by atoms with Gasteiger partial charge in [0.25, 0.3) is 0 Å². The first-order valence-electron chi connectivity index (χ1n) is 4.30. The lowest BCUT2D eigenvalue weighted by Gasteiger charge is -2.09. The molecule has 88 valence electrons. The maximum atomic E-state index is 12.3. The Labute approximate surface area is 88.9 Å². The Morgan fingerprint density at radius 3 is 2.62 bits per heavy atom. The van der Waals surface area contributed by atoms with E-state index in [1.165, 1.54) is 0 Å². The summed E-state index contributed by atoms with van der Waals surface area (Å²) in [6, 6.07) is -0.388. The first kappa shape index (κ1) is 12.4. The average molecular weight is 234 g/mol. The predicted octanol–water partition coefficient (Wildman–Crippen LogP) is 1.05. The van der Waals surface area contributed by atoms with Crippen molar-refractivity contribution in [1.29, 1.82) is 0 Å². The van der Waals surface area contributed by atoms with Gasteiger partial charge in [-0.3, -0.25) is 9.78 Å². The SMILES string of the molecule is NC(Cc1cncc(C(F)(F)F)c1)C(=O)O. The van der Waals surface area contributed by atoms with Gasteiger partial charge in [0, 0.05) is 12.4 Å². The van der Waals surface area contributed by atoms with Crippen LogP contribution in [0.5, 0.6) is 0 Å². The molecule has 0 fully saturated rings. The Morgan fingerprint density at radius 2 is 2.12 bits per heavy atom. The fourth-order valence-electron chi connectivity index (χ4n) is 1.10. The van der Waals surface area contributed by atoms with Crippen molar-refractivity contribution in [3.8, 4) is 0 Å². The Hall–Kier alpha value is -1.63. The molecule has 0 saturated heterocycles. The van der Waals surface area contributed by atoms with E-state index in [4.69, 9.17) is 10.8 Å². The van der Waals surface area contributed by atoms with Gasteiger partial charge in [-0.2, -0.15) is 13.2 Å². The molecule has 1 atom stereocenters. The number of rotatable bonds is 3. The van der Waals surface area contributed by atoms with Gasteiger partial charge in [0.2, 0.25) is 0 Å². The number of carbonyl (C=O) groups is 1. The van der Waals surface area contributed by atoms with Crippen molar-refractivity contribution < 1.29 is 23.1 Å². The second kappa shape index (κ2) is 4.48. The first-order valence-corrected chi connectivity index (χ1v) is 4.30. The molecule has 16 heavy (non-hydrogen) atoms. The van der Waals surface area contributed by atoms with Crippen LogP contribution in [0.15, 0.2) is 18.5 Å². The largest absolute Gasteiger partial charge is 0.480 e. The van der Waals surface area contributed by atoms with Crippen LogP contribution in [0.4, 0.5) is 13.2 Å². The standard InChI is InChI=1S/C9H9F3N2O2/c10-9(11,12)6-1-5(3-14-4-6)2-7(13)8(15)16/h1,3-4,7H,2,13H2,(H,15,16). The van der Waals surface area contributed by atoms with Gasteiger partial charge in [-0.05, 0) is 18.1 Å². The topological polar surface area (TPSA) is 76.2 Å². The molecule has 1 unspecified atom stereocenters. The molecule has 1 rings (SSSR count). The molecule has 0 aliphatic carbocycles. The summed E-state index contributed by atoms with van der Waals surface area (Å²) in [5.41, 5.74) is 4.43. The molecule has 0 radical (unpaired) electrons. The smallest absolute Gasteiger partial charge is 0.417 e. The summed E-state index contributed by atoms with van der Waals surface area (Å²) in [4.78, 5) is 13.8. The highest BCUT2D eigenvalue weighted by Crippen LogP contribution is 2.28. The molecule has 0 aromatic carbocycles. The molecule has 3 N–H and O–H groups in total. The van der Waals surface area contributed by atoms with Crippen LogP contribution in [0.2, 0.25) is 0 Å². The Morgan fingerprint density at radius 1 is 1.50 bits per heavy atom. The van der Waals surface area contributed by atoms with Gasteiger partial charge in [-0.15, -0.1) is 0 Å². The van der Waals surface area contributed by atoms with E-state index in [0.29, 0.717) is 6.20 Å². The number of nitrogens with zero attached hydrogens (tertiary/aromatic N) is 1. The number of aliphatic carboxylic acids is 1. The van der Waals surface area contributed by atoms with E-state index in [1.54, 1.807) is 0 Å². The maximum Gasteiger partial charge on any atom is 0.417 e. The van der Waals surface area contributed by atoms with E-state index in [0.717, 1.165) is 12.3 Å². The minimum absolute atomic E-state index is 0.143. The third-order valence-corrected chi connectivity index (χ3v) is 1.90. The van der Waals surface area contributed by atoms with E-state index >= 15 is 0 Å². The lowest BCUT2D eigenvalue weighted by atomic mass is 10.1. The predicted molar refractivity (Wildman–Crippen MR) is 48.6 cm³/mol. The van der Waals surface area contributed by atoms with Crippen molar-refractivity contribution in [3.05, 3.63) is 29.6 Å². The Bertz CT molecular complexity index is 393. The minimum atomic E-state index is -4.49. The van der Waals surface area contributed by atoms with E-state index in [2.05, 4.69) is 4.98 Å². The van der Waals surface area contributed by atoms with Crippen LogP contribution in [-0.2, 0) is 17.4 Å². The lowest BCUT2D eigenvalue weighted by molar-refractivity contribution is -0.138. The summed E-state index contributed by atoms with van der Waals surface area (Å²) >= 11 is 0. The molecule has 0 saturated carbocycles. The Balaban J connectivity index is 2.87. The van der Waals surface area contributed by atoms with Gasteiger partial charge in [0.15, 0.2) is 0 Å². The van der Waals surface area contributed by atoms with Crippen molar-refractivity contribution in [2.24, 2.45) is 5.73 Å². The van der Waals surface area contributed by atoms with Crippen LogP contribution < -0.4 is 5.73 Å². The second-order valence-electron chi connectivity index (χ2n) is 3.23. The van der Waals surface area contributed by atoms with Gasteiger partial charge in [-0.25, -0.2) is 0 Å². The highest BCUT2D eigenvalue weighted by molar-refractivity contribution is 5.73. The lowest BCUT2D eigenvalue weighted by Crippen LogP contribution is -2.32. The summed E-state index contributed by atoms with van der Waals surface area (Å²) in [7, 11) is 0. The molecular weight excluding hydrogens is 225 g/mol. The first-order chi connectivity index (χ1) is 7.30. The molecule has 0 spiro atoms. The summed E-state index contributed by atoms with van der Waals surface area (Å²) in [6.45, 7) is 0. The van der Waals surface area contributed by atoms with Crippen molar-refractivity contribution in [2.45, 2.75) is 18.6 Å². The molecule has 7 heteroatoms.